The fourth-order valence-electron chi connectivity index (χ4n) is 2.67. The molecule has 0 spiro atoms. The summed E-state index contributed by atoms with van der Waals surface area (Å²) in [5.41, 5.74) is 0.0580. The smallest absolute Gasteiger partial charge is 0.270 e. The Morgan fingerprint density at radius 3 is 2.54 bits per heavy atom. The second-order valence-electron chi connectivity index (χ2n) is 5.92. The molecule has 148 valence electrons. The Kier molecular flexibility index (Phi) is 5.94. The first kappa shape index (κ1) is 20.2. The van der Waals surface area contributed by atoms with Crippen LogP contribution in [0.2, 0.25) is 5.02 Å². The van der Waals surface area contributed by atoms with Crippen LogP contribution in [0.4, 0.5) is 11.4 Å². The minimum Gasteiger partial charge on any atom is -0.379 e. The number of nitro benzene ring substituents is 1. The van der Waals surface area contributed by atoms with Crippen LogP contribution in [0.25, 0.3) is 0 Å². The Bertz CT molecular complexity index is 1020. The molecule has 11 heteroatoms. The first-order valence-electron chi connectivity index (χ1n) is 8.22. The number of nitrogens with zero attached hydrogens (tertiary/aromatic N) is 2. The molecule has 1 fully saturated rings. The summed E-state index contributed by atoms with van der Waals surface area (Å²) in [5, 5.41) is 13.2. The molecule has 0 saturated carbocycles. The Morgan fingerprint density at radius 2 is 1.89 bits per heavy atom. The lowest BCUT2D eigenvalue weighted by Gasteiger charge is -2.26. The largest absolute Gasteiger partial charge is 0.379 e. The zero-order valence-electron chi connectivity index (χ0n) is 14.5. The zero-order chi connectivity index (χ0) is 20.3. The average Bonchev–Trinajstić information content (AvgIpc) is 2.68. The number of benzene rings is 2. The first-order valence-corrected chi connectivity index (χ1v) is 10.0. The maximum absolute atomic E-state index is 12.7. The van der Waals surface area contributed by atoms with E-state index in [1.807, 2.05) is 0 Å². The molecule has 3 rings (SSSR count). The molecule has 1 heterocycles. The lowest BCUT2D eigenvalue weighted by atomic mass is 10.2. The van der Waals surface area contributed by atoms with E-state index in [4.69, 9.17) is 16.3 Å². The highest BCUT2D eigenvalue weighted by atomic mass is 35.5. The quantitative estimate of drug-likeness (QED) is 0.580. The summed E-state index contributed by atoms with van der Waals surface area (Å²) in [6.45, 7) is 1.18. The Hall–Kier alpha value is -2.53. The topological polar surface area (TPSA) is 119 Å². The van der Waals surface area contributed by atoms with Gasteiger partial charge >= 0.3 is 0 Å². The van der Waals surface area contributed by atoms with Crippen LogP contribution < -0.4 is 5.32 Å². The number of nitrogens with one attached hydrogen (secondary N) is 1. The summed E-state index contributed by atoms with van der Waals surface area (Å²) >= 11 is 5.96. The molecule has 1 aliphatic heterocycles. The molecule has 0 unspecified atom stereocenters. The van der Waals surface area contributed by atoms with Crippen molar-refractivity contribution >= 4 is 38.9 Å². The first-order chi connectivity index (χ1) is 13.3. The van der Waals surface area contributed by atoms with E-state index in [9.17, 15) is 23.3 Å². The van der Waals surface area contributed by atoms with Gasteiger partial charge in [0.05, 0.1) is 33.6 Å². The maximum Gasteiger partial charge on any atom is 0.270 e. The molecule has 9 nitrogen and oxygen atoms in total. The fourth-order valence-corrected chi connectivity index (χ4v) is 4.39. The van der Waals surface area contributed by atoms with Crippen molar-refractivity contribution in [2.45, 2.75) is 4.90 Å². The van der Waals surface area contributed by atoms with Crippen molar-refractivity contribution in [2.24, 2.45) is 0 Å². The molecule has 1 aliphatic rings. The number of non-ortho nitro benzene ring substituents is 1. The van der Waals surface area contributed by atoms with Gasteiger partial charge in [0.1, 0.15) is 0 Å². The zero-order valence-corrected chi connectivity index (χ0v) is 16.1. The molecular weight excluding hydrogens is 410 g/mol. The van der Waals surface area contributed by atoms with Gasteiger partial charge in [-0.25, -0.2) is 8.42 Å². The number of nitro groups is 1. The minimum atomic E-state index is -3.71. The van der Waals surface area contributed by atoms with Crippen molar-refractivity contribution in [3.8, 4) is 0 Å². The average molecular weight is 426 g/mol. The van der Waals surface area contributed by atoms with E-state index in [1.165, 1.54) is 40.7 Å². The number of carbonyl (C=O) groups is 1. The number of sulfonamides is 1. The van der Waals surface area contributed by atoms with Gasteiger partial charge in [-0.2, -0.15) is 4.31 Å². The predicted octanol–water partition coefficient (Wildman–Crippen LogP) is 2.52. The third-order valence-corrected chi connectivity index (χ3v) is 6.32. The van der Waals surface area contributed by atoms with Crippen LogP contribution in [0, 0.1) is 10.1 Å². The molecule has 28 heavy (non-hydrogen) atoms. The molecule has 2 aromatic rings. The third-order valence-electron chi connectivity index (χ3n) is 4.11. The fraction of sp³-hybridized carbons (Fsp3) is 0.235. The van der Waals surface area contributed by atoms with E-state index in [-0.39, 0.29) is 39.9 Å². The number of carbonyl (C=O) groups excluding carboxylic acids is 1. The Balaban J connectivity index is 1.81. The van der Waals surface area contributed by atoms with Crippen LogP contribution >= 0.6 is 11.6 Å². The summed E-state index contributed by atoms with van der Waals surface area (Å²) in [4.78, 5) is 22.6. The summed E-state index contributed by atoms with van der Waals surface area (Å²) in [7, 11) is -3.71. The Labute approximate surface area is 166 Å². The van der Waals surface area contributed by atoms with Crippen molar-refractivity contribution in [2.75, 3.05) is 31.6 Å². The van der Waals surface area contributed by atoms with Gasteiger partial charge in [-0.3, -0.25) is 14.9 Å². The monoisotopic (exact) mass is 425 g/mol. The van der Waals surface area contributed by atoms with E-state index >= 15 is 0 Å². The summed E-state index contributed by atoms with van der Waals surface area (Å²) in [6, 6.07) is 9.33. The normalized spacial score (nSPS) is 15.2. The van der Waals surface area contributed by atoms with Crippen LogP contribution in [0.5, 0.6) is 0 Å². The number of amides is 1. The van der Waals surface area contributed by atoms with Gasteiger partial charge in [-0.05, 0) is 24.3 Å². The lowest BCUT2D eigenvalue weighted by molar-refractivity contribution is -0.384. The van der Waals surface area contributed by atoms with Crippen molar-refractivity contribution in [1.82, 2.24) is 4.31 Å². The molecule has 0 bridgehead atoms. The molecule has 0 aliphatic carbocycles. The van der Waals surface area contributed by atoms with Gasteiger partial charge in [-0.1, -0.05) is 17.7 Å². The van der Waals surface area contributed by atoms with Crippen molar-refractivity contribution in [3.63, 3.8) is 0 Å². The van der Waals surface area contributed by atoms with Crippen LogP contribution in [0.1, 0.15) is 10.4 Å². The van der Waals surface area contributed by atoms with Crippen LogP contribution in [0.15, 0.2) is 47.4 Å². The summed E-state index contributed by atoms with van der Waals surface area (Å²) in [5.74, 6) is -0.610. The highest BCUT2D eigenvalue weighted by molar-refractivity contribution is 7.89. The lowest BCUT2D eigenvalue weighted by Crippen LogP contribution is -2.40. The van der Waals surface area contributed by atoms with Gasteiger partial charge in [0, 0.05) is 30.9 Å². The van der Waals surface area contributed by atoms with Crippen LogP contribution in [-0.2, 0) is 14.8 Å². The molecule has 0 aromatic heterocycles. The van der Waals surface area contributed by atoms with E-state index in [0.717, 1.165) is 6.07 Å². The van der Waals surface area contributed by atoms with E-state index in [1.54, 1.807) is 0 Å². The molecule has 1 saturated heterocycles. The number of hydrogen-bond donors (Lipinski definition) is 1. The summed E-state index contributed by atoms with van der Waals surface area (Å²) in [6.07, 6.45) is 0. The molecule has 2 aromatic carbocycles. The second kappa shape index (κ2) is 8.23. The minimum absolute atomic E-state index is 0.0358. The van der Waals surface area contributed by atoms with Gasteiger partial charge in [0.2, 0.25) is 10.0 Å². The second-order valence-corrected chi connectivity index (χ2v) is 8.26. The van der Waals surface area contributed by atoms with E-state index < -0.39 is 20.9 Å². The Morgan fingerprint density at radius 1 is 1.18 bits per heavy atom. The number of halogens is 1. The van der Waals surface area contributed by atoms with E-state index in [2.05, 4.69) is 5.32 Å². The third kappa shape index (κ3) is 4.30. The SMILES string of the molecule is O=C(Nc1cccc(S(=O)(=O)N2CCOCC2)c1)c1ccc([N+](=O)[O-])cc1Cl. The number of anilines is 1. The van der Waals surface area contributed by atoms with Crippen molar-refractivity contribution in [3.05, 3.63) is 63.2 Å². The van der Waals surface area contributed by atoms with Gasteiger partial charge in [-0.15, -0.1) is 0 Å². The molecule has 0 radical (unpaired) electrons. The van der Waals surface area contributed by atoms with Crippen LogP contribution in [-0.4, -0.2) is 49.9 Å². The number of morpholine rings is 1. The number of ether oxygens (including phenoxy) is 1. The maximum atomic E-state index is 12.7. The van der Waals surface area contributed by atoms with Gasteiger partial charge < -0.3 is 10.1 Å². The van der Waals surface area contributed by atoms with Gasteiger partial charge in [0.25, 0.3) is 11.6 Å². The molecular formula is C17H16ClN3O6S. The van der Waals surface area contributed by atoms with Gasteiger partial charge in [0.15, 0.2) is 0 Å². The standard InChI is InChI=1S/C17H16ClN3O6S/c18-16-11-13(21(23)24)4-5-15(16)17(22)19-12-2-1-3-14(10-12)28(25,26)20-6-8-27-9-7-20/h1-5,10-11H,6-9H2,(H,19,22). The molecule has 1 amide bonds. The number of rotatable bonds is 5. The molecule has 0 atom stereocenters. The molecule has 1 N–H and O–H groups in total. The van der Waals surface area contributed by atoms with E-state index in [0.29, 0.717) is 13.2 Å². The van der Waals surface area contributed by atoms with Crippen molar-refractivity contribution < 1.29 is 22.9 Å². The highest BCUT2D eigenvalue weighted by Gasteiger charge is 2.26. The van der Waals surface area contributed by atoms with Crippen LogP contribution in [0.3, 0.4) is 0 Å². The highest BCUT2D eigenvalue weighted by Crippen LogP contribution is 2.25. The summed E-state index contributed by atoms with van der Waals surface area (Å²) < 4.78 is 31.9. The van der Waals surface area contributed by atoms with Crippen molar-refractivity contribution in [1.29, 1.82) is 0 Å². The predicted molar refractivity (Wildman–Crippen MR) is 102 cm³/mol. The number of hydrogen-bond acceptors (Lipinski definition) is 6.